The largest absolute Gasteiger partial charge is 0.314 e. The third-order valence-corrected chi connectivity index (χ3v) is 4.80. The van der Waals surface area contributed by atoms with Crippen LogP contribution in [0, 0.1) is 17.8 Å². The molecule has 1 N–H and O–H groups in total. The second kappa shape index (κ2) is 5.40. The minimum absolute atomic E-state index is 0.774. The highest BCUT2D eigenvalue weighted by atomic mass is 14.9. The van der Waals surface area contributed by atoms with Gasteiger partial charge in [0.15, 0.2) is 0 Å². The Bertz CT molecular complexity index is 376. The first kappa shape index (κ1) is 12.2. The molecule has 2 heteroatoms. The fourth-order valence-corrected chi connectivity index (χ4v) is 4.04. The van der Waals surface area contributed by atoms with Crippen LogP contribution in [0.5, 0.6) is 0 Å². The van der Waals surface area contributed by atoms with Gasteiger partial charge in [0, 0.05) is 17.9 Å². The van der Waals surface area contributed by atoms with Gasteiger partial charge in [0.05, 0.1) is 0 Å². The second-order valence-electron chi connectivity index (χ2n) is 6.23. The Morgan fingerprint density at radius 2 is 2.28 bits per heavy atom. The Hall–Kier alpha value is -0.890. The lowest BCUT2D eigenvalue weighted by Crippen LogP contribution is -2.49. The van der Waals surface area contributed by atoms with E-state index in [1.54, 1.807) is 0 Å². The van der Waals surface area contributed by atoms with Crippen molar-refractivity contribution in [2.45, 2.75) is 45.1 Å². The molecular weight excluding hydrogens is 220 g/mol. The number of nitrogens with one attached hydrogen (secondary N) is 1. The summed E-state index contributed by atoms with van der Waals surface area (Å²) in [5, 5.41) is 3.75. The van der Waals surface area contributed by atoms with Crippen LogP contribution >= 0.6 is 0 Å². The minimum Gasteiger partial charge on any atom is -0.314 e. The number of piperidine rings is 1. The number of rotatable bonds is 2. The lowest BCUT2D eigenvalue weighted by molar-refractivity contribution is 0.105. The van der Waals surface area contributed by atoms with Gasteiger partial charge in [0.2, 0.25) is 0 Å². The molecule has 0 radical (unpaired) electrons. The summed E-state index contributed by atoms with van der Waals surface area (Å²) in [6.45, 7) is 3.64. The first-order valence-electron chi connectivity index (χ1n) is 7.46. The summed E-state index contributed by atoms with van der Waals surface area (Å²) in [4.78, 5) is 4.52. The average molecular weight is 244 g/mol. The molecule has 1 aliphatic carbocycles. The highest BCUT2D eigenvalue weighted by Gasteiger charge is 2.37. The monoisotopic (exact) mass is 244 g/mol. The summed E-state index contributed by atoms with van der Waals surface area (Å²) in [6.07, 6.45) is 8.64. The lowest BCUT2D eigenvalue weighted by atomic mass is 9.67. The van der Waals surface area contributed by atoms with Gasteiger partial charge in [-0.15, -0.1) is 0 Å². The van der Waals surface area contributed by atoms with Crippen LogP contribution in [-0.4, -0.2) is 17.6 Å². The van der Waals surface area contributed by atoms with E-state index < -0.39 is 0 Å². The van der Waals surface area contributed by atoms with Crippen LogP contribution < -0.4 is 5.32 Å². The van der Waals surface area contributed by atoms with Gasteiger partial charge >= 0.3 is 0 Å². The van der Waals surface area contributed by atoms with Crippen molar-refractivity contribution in [2.75, 3.05) is 6.54 Å². The molecule has 0 unspecified atom stereocenters. The third-order valence-electron chi connectivity index (χ3n) is 4.80. The molecule has 1 aliphatic heterocycles. The van der Waals surface area contributed by atoms with Crippen LogP contribution in [0.3, 0.4) is 0 Å². The van der Waals surface area contributed by atoms with E-state index in [-0.39, 0.29) is 0 Å². The normalized spacial score (nSPS) is 36.1. The molecular formula is C16H24N2. The Labute approximate surface area is 110 Å². The molecule has 2 heterocycles. The Morgan fingerprint density at radius 3 is 3.11 bits per heavy atom. The fourth-order valence-electron chi connectivity index (χ4n) is 4.04. The van der Waals surface area contributed by atoms with Crippen molar-refractivity contribution in [3.05, 3.63) is 30.1 Å². The van der Waals surface area contributed by atoms with E-state index in [9.17, 15) is 0 Å². The number of fused-ring (bicyclic) bond motifs is 1. The molecule has 1 saturated carbocycles. The molecule has 1 aromatic heterocycles. The molecule has 1 aromatic rings. The van der Waals surface area contributed by atoms with Crippen LogP contribution in [0.1, 0.15) is 38.3 Å². The molecule has 4 atom stereocenters. The molecule has 18 heavy (non-hydrogen) atoms. The zero-order valence-electron chi connectivity index (χ0n) is 11.3. The van der Waals surface area contributed by atoms with Gasteiger partial charge in [-0.3, -0.25) is 4.98 Å². The summed E-state index contributed by atoms with van der Waals surface area (Å²) in [5.74, 6) is 2.59. The second-order valence-corrected chi connectivity index (χ2v) is 6.23. The van der Waals surface area contributed by atoms with Crippen molar-refractivity contribution in [1.29, 1.82) is 0 Å². The standard InChI is InChI=1S/C16H24N2/c1-12-9-13(11-14-5-2-3-7-17-14)15-6-4-8-18-16(15)10-12/h2-3,5,7,12-13,15-16,18H,4,6,8-11H2,1H3/t12-,13+,15-,16+/m1/s1. The van der Waals surface area contributed by atoms with Gasteiger partial charge in [-0.25, -0.2) is 0 Å². The average Bonchev–Trinajstić information content (AvgIpc) is 2.40. The van der Waals surface area contributed by atoms with E-state index in [4.69, 9.17) is 0 Å². The van der Waals surface area contributed by atoms with Crippen molar-refractivity contribution in [3.63, 3.8) is 0 Å². The van der Waals surface area contributed by atoms with Gasteiger partial charge in [-0.05, 0) is 68.5 Å². The topological polar surface area (TPSA) is 24.9 Å². The van der Waals surface area contributed by atoms with Gasteiger partial charge in [0.1, 0.15) is 0 Å². The third kappa shape index (κ3) is 2.59. The highest BCUT2D eigenvalue weighted by molar-refractivity contribution is 5.06. The zero-order valence-corrected chi connectivity index (χ0v) is 11.3. The van der Waals surface area contributed by atoms with Crippen molar-refractivity contribution in [2.24, 2.45) is 17.8 Å². The maximum Gasteiger partial charge on any atom is 0.0406 e. The smallest absolute Gasteiger partial charge is 0.0406 e. The molecule has 98 valence electrons. The summed E-state index contributed by atoms with van der Waals surface area (Å²) in [7, 11) is 0. The first-order valence-corrected chi connectivity index (χ1v) is 7.46. The van der Waals surface area contributed by atoms with Crippen molar-refractivity contribution < 1.29 is 0 Å². The van der Waals surface area contributed by atoms with Crippen LogP contribution in [0.2, 0.25) is 0 Å². The molecule has 0 bridgehead atoms. The predicted molar refractivity (Wildman–Crippen MR) is 74.3 cm³/mol. The lowest BCUT2D eigenvalue weighted by Gasteiger charge is -2.44. The van der Waals surface area contributed by atoms with E-state index in [0.717, 1.165) is 23.8 Å². The van der Waals surface area contributed by atoms with Crippen LogP contribution in [-0.2, 0) is 6.42 Å². The highest BCUT2D eigenvalue weighted by Crippen LogP contribution is 2.39. The van der Waals surface area contributed by atoms with Gasteiger partial charge in [-0.2, -0.15) is 0 Å². The Kier molecular flexibility index (Phi) is 3.64. The van der Waals surface area contributed by atoms with E-state index in [1.807, 2.05) is 12.3 Å². The van der Waals surface area contributed by atoms with E-state index in [1.165, 1.54) is 44.3 Å². The Balaban J connectivity index is 1.72. The van der Waals surface area contributed by atoms with Crippen LogP contribution in [0.25, 0.3) is 0 Å². The van der Waals surface area contributed by atoms with Gasteiger partial charge in [-0.1, -0.05) is 13.0 Å². The molecule has 0 spiro atoms. The molecule has 1 saturated heterocycles. The Morgan fingerprint density at radius 1 is 1.33 bits per heavy atom. The fraction of sp³-hybridized carbons (Fsp3) is 0.688. The SMILES string of the molecule is C[C@@H]1C[C@@H](Cc2ccccn2)[C@H]2CCCN[C@H]2C1. The van der Waals surface area contributed by atoms with Crippen molar-refractivity contribution in [3.8, 4) is 0 Å². The first-order chi connectivity index (χ1) is 8.83. The number of hydrogen-bond donors (Lipinski definition) is 1. The molecule has 0 amide bonds. The van der Waals surface area contributed by atoms with Crippen molar-refractivity contribution in [1.82, 2.24) is 10.3 Å². The maximum absolute atomic E-state index is 4.52. The van der Waals surface area contributed by atoms with E-state index in [2.05, 4.69) is 29.4 Å². The summed E-state index contributed by atoms with van der Waals surface area (Å²) in [5.41, 5.74) is 1.28. The number of aromatic nitrogens is 1. The molecule has 2 fully saturated rings. The summed E-state index contributed by atoms with van der Waals surface area (Å²) >= 11 is 0. The minimum atomic E-state index is 0.774. The predicted octanol–water partition coefficient (Wildman–Crippen LogP) is 3.04. The zero-order chi connectivity index (χ0) is 12.4. The molecule has 3 rings (SSSR count). The van der Waals surface area contributed by atoms with Gasteiger partial charge < -0.3 is 5.32 Å². The number of pyridine rings is 1. The summed E-state index contributed by atoms with van der Waals surface area (Å²) in [6, 6.07) is 7.09. The van der Waals surface area contributed by atoms with Crippen molar-refractivity contribution >= 4 is 0 Å². The van der Waals surface area contributed by atoms with Crippen LogP contribution in [0.15, 0.2) is 24.4 Å². The van der Waals surface area contributed by atoms with Crippen LogP contribution in [0.4, 0.5) is 0 Å². The number of hydrogen-bond acceptors (Lipinski definition) is 2. The number of nitrogens with zero attached hydrogens (tertiary/aromatic N) is 1. The van der Waals surface area contributed by atoms with E-state index >= 15 is 0 Å². The summed E-state index contributed by atoms with van der Waals surface area (Å²) < 4.78 is 0. The quantitative estimate of drug-likeness (QED) is 0.865. The van der Waals surface area contributed by atoms with Gasteiger partial charge in [0.25, 0.3) is 0 Å². The van der Waals surface area contributed by atoms with E-state index in [0.29, 0.717) is 0 Å². The molecule has 2 aliphatic rings. The maximum atomic E-state index is 4.52. The molecule has 2 nitrogen and oxygen atoms in total. The molecule has 0 aromatic carbocycles.